The highest BCUT2D eigenvalue weighted by Crippen LogP contribution is 2.09. The third-order valence-electron chi connectivity index (χ3n) is 1.98. The summed E-state index contributed by atoms with van der Waals surface area (Å²) < 4.78 is 5.19. The zero-order valence-electron chi connectivity index (χ0n) is 9.06. The molecular weight excluding hydrogens is 208 g/mol. The number of anilines is 2. The van der Waals surface area contributed by atoms with Crippen molar-refractivity contribution in [1.82, 2.24) is 20.2 Å². The fourth-order valence-corrected chi connectivity index (χ4v) is 1.10. The Morgan fingerprint density at radius 1 is 1.38 bits per heavy atom. The number of nitrogen functional groups attached to an aromatic ring is 1. The smallest absolute Gasteiger partial charge is 0.235 e. The van der Waals surface area contributed by atoms with Gasteiger partial charge in [-0.05, 0) is 6.92 Å². The van der Waals surface area contributed by atoms with Crippen LogP contribution in [0.3, 0.4) is 0 Å². The minimum Gasteiger partial charge on any atom is -0.424 e. The van der Waals surface area contributed by atoms with Crippen molar-refractivity contribution in [2.75, 3.05) is 11.1 Å². The van der Waals surface area contributed by atoms with Crippen molar-refractivity contribution in [3.8, 4) is 0 Å². The molecule has 2 aromatic rings. The molecule has 0 bridgehead atoms. The maximum absolute atomic E-state index is 5.65. The Morgan fingerprint density at radius 2 is 2.19 bits per heavy atom. The van der Waals surface area contributed by atoms with E-state index in [0.29, 0.717) is 30.1 Å². The summed E-state index contributed by atoms with van der Waals surface area (Å²) in [6.45, 7) is 3.96. The van der Waals surface area contributed by atoms with E-state index < -0.39 is 0 Å². The minimum absolute atomic E-state index is 0.378. The second kappa shape index (κ2) is 4.13. The van der Waals surface area contributed by atoms with Crippen molar-refractivity contribution in [3.63, 3.8) is 0 Å². The molecule has 0 amide bonds. The lowest BCUT2D eigenvalue weighted by Crippen LogP contribution is -2.06. The summed E-state index contributed by atoms with van der Waals surface area (Å²) in [6.07, 6.45) is 1.66. The summed E-state index contributed by atoms with van der Waals surface area (Å²) >= 11 is 0. The summed E-state index contributed by atoms with van der Waals surface area (Å²) in [4.78, 5) is 8.13. The second-order valence-electron chi connectivity index (χ2n) is 3.33. The molecule has 7 heteroatoms. The molecule has 0 unspecified atom stereocenters. The molecule has 0 fully saturated rings. The first-order valence-electron chi connectivity index (χ1n) is 4.77. The third-order valence-corrected chi connectivity index (χ3v) is 1.98. The lowest BCUT2D eigenvalue weighted by Gasteiger charge is -2.03. The van der Waals surface area contributed by atoms with E-state index >= 15 is 0 Å². The highest BCUT2D eigenvalue weighted by molar-refractivity contribution is 5.41. The Hall–Kier alpha value is -2.18. The largest absolute Gasteiger partial charge is 0.424 e. The van der Waals surface area contributed by atoms with Gasteiger partial charge >= 0.3 is 0 Å². The number of aromatic nitrogens is 4. The number of nitrogens with two attached hydrogens (primary N) is 1. The van der Waals surface area contributed by atoms with Gasteiger partial charge in [-0.25, -0.2) is 4.98 Å². The SMILES string of the molecule is Cc1nnc(CNc2ncc(C)c(N)n2)o1. The van der Waals surface area contributed by atoms with Gasteiger partial charge in [0.2, 0.25) is 17.7 Å². The van der Waals surface area contributed by atoms with E-state index in [9.17, 15) is 0 Å². The molecular formula is C9H12N6O. The predicted octanol–water partition coefficient (Wildman–Crippen LogP) is 0.671. The van der Waals surface area contributed by atoms with Crippen LogP contribution in [0, 0.1) is 13.8 Å². The van der Waals surface area contributed by atoms with Gasteiger partial charge in [0.1, 0.15) is 5.82 Å². The van der Waals surface area contributed by atoms with Crippen LogP contribution in [0.2, 0.25) is 0 Å². The van der Waals surface area contributed by atoms with E-state index in [1.165, 1.54) is 0 Å². The van der Waals surface area contributed by atoms with Crippen LogP contribution >= 0.6 is 0 Å². The van der Waals surface area contributed by atoms with E-state index in [1.54, 1.807) is 13.1 Å². The van der Waals surface area contributed by atoms with E-state index in [0.717, 1.165) is 5.56 Å². The number of hydrogen-bond acceptors (Lipinski definition) is 7. The van der Waals surface area contributed by atoms with Gasteiger partial charge < -0.3 is 15.5 Å². The van der Waals surface area contributed by atoms with Gasteiger partial charge in [0.25, 0.3) is 0 Å². The van der Waals surface area contributed by atoms with Gasteiger partial charge in [-0.1, -0.05) is 0 Å². The molecule has 0 atom stereocenters. The van der Waals surface area contributed by atoms with Crippen LogP contribution in [0.5, 0.6) is 0 Å². The first-order valence-corrected chi connectivity index (χ1v) is 4.77. The summed E-state index contributed by atoms with van der Waals surface area (Å²) in [6, 6.07) is 0. The van der Waals surface area contributed by atoms with E-state index in [1.807, 2.05) is 6.92 Å². The zero-order chi connectivity index (χ0) is 11.5. The molecule has 0 aliphatic heterocycles. The highest BCUT2D eigenvalue weighted by atomic mass is 16.4. The molecule has 0 saturated carbocycles. The average molecular weight is 220 g/mol. The van der Waals surface area contributed by atoms with Crippen molar-refractivity contribution in [1.29, 1.82) is 0 Å². The fourth-order valence-electron chi connectivity index (χ4n) is 1.10. The normalized spacial score (nSPS) is 10.4. The molecule has 16 heavy (non-hydrogen) atoms. The molecule has 7 nitrogen and oxygen atoms in total. The Balaban J connectivity index is 2.02. The lowest BCUT2D eigenvalue weighted by atomic mass is 10.3. The number of nitrogens with zero attached hydrogens (tertiary/aromatic N) is 4. The number of nitrogens with one attached hydrogen (secondary N) is 1. The summed E-state index contributed by atoms with van der Waals surface area (Å²) in [5.74, 6) is 1.92. The third kappa shape index (κ3) is 2.25. The first kappa shape index (κ1) is 10.3. The monoisotopic (exact) mass is 220 g/mol. The van der Waals surface area contributed by atoms with Gasteiger partial charge in [-0.3, -0.25) is 0 Å². The topological polar surface area (TPSA) is 103 Å². The van der Waals surface area contributed by atoms with Gasteiger partial charge in [0.05, 0.1) is 6.54 Å². The van der Waals surface area contributed by atoms with Gasteiger partial charge in [0.15, 0.2) is 0 Å². The Kier molecular flexibility index (Phi) is 2.67. The quantitative estimate of drug-likeness (QED) is 0.783. The standard InChI is InChI=1S/C9H12N6O/c1-5-3-11-9(13-8(5)10)12-4-7-15-14-6(2)16-7/h3H,4H2,1-2H3,(H3,10,11,12,13). The Labute approximate surface area is 92.1 Å². The van der Waals surface area contributed by atoms with Gasteiger partial charge in [-0.15, -0.1) is 10.2 Å². The van der Waals surface area contributed by atoms with Crippen molar-refractivity contribution in [3.05, 3.63) is 23.5 Å². The van der Waals surface area contributed by atoms with Crippen molar-refractivity contribution in [2.24, 2.45) is 0 Å². The fraction of sp³-hybridized carbons (Fsp3) is 0.333. The van der Waals surface area contributed by atoms with Crippen LogP contribution in [0.15, 0.2) is 10.6 Å². The van der Waals surface area contributed by atoms with E-state index in [4.69, 9.17) is 10.2 Å². The van der Waals surface area contributed by atoms with Crippen LogP contribution in [0.4, 0.5) is 11.8 Å². The number of hydrogen-bond donors (Lipinski definition) is 2. The molecule has 0 aliphatic rings. The van der Waals surface area contributed by atoms with Crippen molar-refractivity contribution < 1.29 is 4.42 Å². The van der Waals surface area contributed by atoms with Gasteiger partial charge in [0, 0.05) is 18.7 Å². The summed E-state index contributed by atoms with van der Waals surface area (Å²) in [7, 11) is 0. The number of rotatable bonds is 3. The van der Waals surface area contributed by atoms with E-state index in [-0.39, 0.29) is 0 Å². The molecule has 0 aliphatic carbocycles. The van der Waals surface area contributed by atoms with Crippen LogP contribution < -0.4 is 11.1 Å². The predicted molar refractivity (Wildman–Crippen MR) is 57.5 cm³/mol. The summed E-state index contributed by atoms with van der Waals surface area (Å²) in [5.41, 5.74) is 6.50. The van der Waals surface area contributed by atoms with Gasteiger partial charge in [-0.2, -0.15) is 4.98 Å². The van der Waals surface area contributed by atoms with E-state index in [2.05, 4.69) is 25.5 Å². The summed E-state index contributed by atoms with van der Waals surface area (Å²) in [5, 5.41) is 10.5. The average Bonchev–Trinajstić information content (AvgIpc) is 2.66. The molecule has 2 rings (SSSR count). The molecule has 2 heterocycles. The van der Waals surface area contributed by atoms with Crippen LogP contribution in [0.25, 0.3) is 0 Å². The molecule has 3 N–H and O–H groups in total. The lowest BCUT2D eigenvalue weighted by molar-refractivity contribution is 0.474. The van der Waals surface area contributed by atoms with Crippen molar-refractivity contribution in [2.45, 2.75) is 20.4 Å². The maximum Gasteiger partial charge on any atom is 0.235 e. The van der Waals surface area contributed by atoms with Crippen LogP contribution in [0.1, 0.15) is 17.3 Å². The molecule has 0 radical (unpaired) electrons. The molecule has 84 valence electrons. The zero-order valence-corrected chi connectivity index (χ0v) is 9.06. The second-order valence-corrected chi connectivity index (χ2v) is 3.33. The minimum atomic E-state index is 0.378. The number of aryl methyl sites for hydroxylation is 2. The van der Waals surface area contributed by atoms with Crippen LogP contribution in [-0.4, -0.2) is 20.2 Å². The molecule has 0 saturated heterocycles. The molecule has 0 aromatic carbocycles. The Bertz CT molecular complexity index is 494. The first-order chi connectivity index (χ1) is 7.65. The van der Waals surface area contributed by atoms with Crippen LogP contribution in [-0.2, 0) is 6.54 Å². The maximum atomic E-state index is 5.65. The van der Waals surface area contributed by atoms with Crippen molar-refractivity contribution >= 4 is 11.8 Å². The Morgan fingerprint density at radius 3 is 2.81 bits per heavy atom. The highest BCUT2D eigenvalue weighted by Gasteiger charge is 2.04. The molecule has 0 spiro atoms. The molecule has 2 aromatic heterocycles.